The third-order valence-corrected chi connectivity index (χ3v) is 4.93. The number of rotatable bonds is 20. The van der Waals surface area contributed by atoms with E-state index in [-0.39, 0.29) is 18.0 Å². The highest BCUT2D eigenvalue weighted by atomic mass is 16.5. The molecule has 0 aliphatic carbocycles. The van der Waals surface area contributed by atoms with Gasteiger partial charge in [-0.2, -0.15) is 0 Å². The molecule has 0 heterocycles. The minimum Gasteiger partial charge on any atom is -0.367 e. The van der Waals surface area contributed by atoms with Gasteiger partial charge in [0.2, 0.25) is 11.8 Å². The standard InChI is InChI=1S/C20H45N7O3/c1-5-25-19(29)7-13-27(15-9-21)17-11-24-10-16-26(12-6-18(28)22-2)14-8-20(23-3)30-4/h20,23-24H,5-17,21H2,1-4H3,(H,22,28)(H,25,29). The molecule has 0 aromatic carbocycles. The molecule has 0 saturated heterocycles. The van der Waals surface area contributed by atoms with E-state index in [1.807, 2.05) is 14.0 Å². The lowest BCUT2D eigenvalue weighted by molar-refractivity contribution is -0.122. The molecular weight excluding hydrogens is 386 g/mol. The fraction of sp³-hybridized carbons (Fsp3) is 0.900. The molecule has 6 N–H and O–H groups in total. The number of nitrogens with two attached hydrogens (primary N) is 1. The van der Waals surface area contributed by atoms with Crippen LogP contribution >= 0.6 is 0 Å². The SMILES string of the molecule is CCNC(=O)CCN(CCN)CCNCCN(CCC(=O)NC)CCC(NC)OC. The highest BCUT2D eigenvalue weighted by molar-refractivity contribution is 5.76. The van der Waals surface area contributed by atoms with Crippen molar-refractivity contribution in [3.05, 3.63) is 0 Å². The fourth-order valence-electron chi connectivity index (χ4n) is 3.06. The summed E-state index contributed by atoms with van der Waals surface area (Å²) in [5.41, 5.74) is 5.70. The van der Waals surface area contributed by atoms with Crippen LogP contribution in [0.4, 0.5) is 0 Å². The summed E-state index contributed by atoms with van der Waals surface area (Å²) in [5.74, 6) is 0.129. The smallest absolute Gasteiger partial charge is 0.221 e. The highest BCUT2D eigenvalue weighted by Gasteiger charge is 2.11. The van der Waals surface area contributed by atoms with Crippen LogP contribution in [0.25, 0.3) is 0 Å². The van der Waals surface area contributed by atoms with Crippen LogP contribution in [0.2, 0.25) is 0 Å². The van der Waals surface area contributed by atoms with Gasteiger partial charge in [-0.05, 0) is 20.4 Å². The van der Waals surface area contributed by atoms with E-state index < -0.39 is 0 Å². The highest BCUT2D eigenvalue weighted by Crippen LogP contribution is 1.99. The molecule has 0 fully saturated rings. The molecule has 0 spiro atoms. The van der Waals surface area contributed by atoms with E-state index in [2.05, 4.69) is 31.1 Å². The predicted molar refractivity (Wildman–Crippen MR) is 121 cm³/mol. The summed E-state index contributed by atoms with van der Waals surface area (Å²) in [6.07, 6.45) is 1.84. The molecule has 1 atom stereocenters. The molecule has 178 valence electrons. The van der Waals surface area contributed by atoms with E-state index in [9.17, 15) is 9.59 Å². The number of nitrogens with one attached hydrogen (secondary N) is 4. The Morgan fingerprint density at radius 1 is 0.933 bits per heavy atom. The van der Waals surface area contributed by atoms with Crippen LogP contribution in [0.3, 0.4) is 0 Å². The Kier molecular flexibility index (Phi) is 18.8. The molecule has 10 heteroatoms. The van der Waals surface area contributed by atoms with E-state index in [0.717, 1.165) is 45.7 Å². The molecule has 0 bridgehead atoms. The molecular formula is C20H45N7O3. The molecule has 0 saturated carbocycles. The lowest BCUT2D eigenvalue weighted by Gasteiger charge is -2.25. The van der Waals surface area contributed by atoms with Gasteiger partial charge >= 0.3 is 0 Å². The van der Waals surface area contributed by atoms with Crippen LogP contribution in [0, 0.1) is 0 Å². The first-order valence-corrected chi connectivity index (χ1v) is 11.0. The minimum absolute atomic E-state index is 0.00944. The van der Waals surface area contributed by atoms with Crippen molar-refractivity contribution >= 4 is 11.8 Å². The second kappa shape index (κ2) is 19.7. The molecule has 10 nitrogen and oxygen atoms in total. The summed E-state index contributed by atoms with van der Waals surface area (Å²) in [4.78, 5) is 27.7. The maximum atomic E-state index is 11.7. The van der Waals surface area contributed by atoms with Crippen molar-refractivity contribution in [2.75, 3.05) is 86.7 Å². The van der Waals surface area contributed by atoms with Crippen molar-refractivity contribution in [1.29, 1.82) is 0 Å². The first-order chi connectivity index (χ1) is 14.5. The molecule has 2 amide bonds. The van der Waals surface area contributed by atoms with Crippen molar-refractivity contribution in [2.24, 2.45) is 5.73 Å². The van der Waals surface area contributed by atoms with E-state index in [4.69, 9.17) is 10.5 Å². The number of carbonyl (C=O) groups excluding carboxylic acids is 2. The fourth-order valence-corrected chi connectivity index (χ4v) is 3.06. The Morgan fingerprint density at radius 3 is 2.03 bits per heavy atom. The van der Waals surface area contributed by atoms with Gasteiger partial charge in [-0.3, -0.25) is 14.9 Å². The number of methoxy groups -OCH3 is 1. The Bertz CT molecular complexity index is 437. The zero-order valence-corrected chi connectivity index (χ0v) is 19.5. The summed E-state index contributed by atoms with van der Waals surface area (Å²) >= 11 is 0. The van der Waals surface area contributed by atoms with E-state index in [1.54, 1.807) is 14.2 Å². The topological polar surface area (TPSA) is 124 Å². The van der Waals surface area contributed by atoms with Gasteiger partial charge in [-0.1, -0.05) is 0 Å². The molecule has 0 aromatic heterocycles. The number of nitrogens with zero attached hydrogens (tertiary/aromatic N) is 2. The summed E-state index contributed by atoms with van der Waals surface area (Å²) in [5, 5.41) is 12.1. The maximum Gasteiger partial charge on any atom is 0.221 e. The van der Waals surface area contributed by atoms with Gasteiger partial charge < -0.3 is 36.2 Å². The van der Waals surface area contributed by atoms with Crippen LogP contribution in [0.15, 0.2) is 0 Å². The largest absolute Gasteiger partial charge is 0.367 e. The molecule has 0 rings (SSSR count). The average molecular weight is 432 g/mol. The summed E-state index contributed by atoms with van der Waals surface area (Å²) in [7, 11) is 5.23. The lowest BCUT2D eigenvalue weighted by atomic mass is 10.3. The Morgan fingerprint density at radius 2 is 1.53 bits per heavy atom. The number of hydrogen-bond donors (Lipinski definition) is 5. The number of ether oxygens (including phenoxy) is 1. The Hall–Kier alpha value is -1.30. The van der Waals surface area contributed by atoms with Gasteiger partial charge in [-0.25, -0.2) is 0 Å². The third kappa shape index (κ3) is 15.5. The van der Waals surface area contributed by atoms with Crippen LogP contribution < -0.4 is 27.0 Å². The molecule has 30 heavy (non-hydrogen) atoms. The van der Waals surface area contributed by atoms with Gasteiger partial charge in [0.15, 0.2) is 0 Å². The van der Waals surface area contributed by atoms with E-state index in [0.29, 0.717) is 39.0 Å². The Labute approximate surface area is 182 Å². The predicted octanol–water partition coefficient (Wildman–Crippen LogP) is -1.62. The molecule has 0 radical (unpaired) electrons. The van der Waals surface area contributed by atoms with Crippen molar-refractivity contribution < 1.29 is 14.3 Å². The van der Waals surface area contributed by atoms with Crippen LogP contribution in [-0.4, -0.2) is 114 Å². The second-order valence-electron chi connectivity index (χ2n) is 7.15. The molecule has 0 aromatic rings. The summed E-state index contributed by atoms with van der Waals surface area (Å²) < 4.78 is 5.37. The van der Waals surface area contributed by atoms with Gasteiger partial charge in [-0.15, -0.1) is 0 Å². The second-order valence-corrected chi connectivity index (χ2v) is 7.15. The average Bonchev–Trinajstić information content (AvgIpc) is 2.75. The van der Waals surface area contributed by atoms with Gasteiger partial charge in [0.05, 0.1) is 0 Å². The first kappa shape index (κ1) is 28.7. The summed E-state index contributed by atoms with van der Waals surface area (Å²) in [6, 6.07) is 0. The molecule has 1 unspecified atom stereocenters. The maximum absolute atomic E-state index is 11.7. The zero-order valence-electron chi connectivity index (χ0n) is 19.5. The van der Waals surface area contributed by atoms with Crippen LogP contribution in [0.5, 0.6) is 0 Å². The molecule has 0 aliphatic heterocycles. The number of amides is 2. The Balaban J connectivity index is 4.27. The monoisotopic (exact) mass is 431 g/mol. The van der Waals surface area contributed by atoms with Crippen molar-refractivity contribution in [2.45, 2.75) is 32.4 Å². The van der Waals surface area contributed by atoms with Crippen molar-refractivity contribution in [3.8, 4) is 0 Å². The third-order valence-electron chi connectivity index (χ3n) is 4.93. The van der Waals surface area contributed by atoms with E-state index >= 15 is 0 Å². The number of hydrogen-bond acceptors (Lipinski definition) is 8. The first-order valence-electron chi connectivity index (χ1n) is 11.0. The molecule has 0 aliphatic rings. The van der Waals surface area contributed by atoms with Gasteiger partial charge in [0, 0.05) is 92.4 Å². The summed E-state index contributed by atoms with van der Waals surface area (Å²) in [6.45, 7) is 9.58. The van der Waals surface area contributed by atoms with Crippen molar-refractivity contribution in [1.82, 2.24) is 31.1 Å². The van der Waals surface area contributed by atoms with Crippen LogP contribution in [0.1, 0.15) is 26.2 Å². The lowest BCUT2D eigenvalue weighted by Crippen LogP contribution is -2.41. The zero-order chi connectivity index (χ0) is 22.6. The quantitative estimate of drug-likeness (QED) is 0.115. The van der Waals surface area contributed by atoms with Crippen LogP contribution in [-0.2, 0) is 14.3 Å². The number of carbonyl (C=O) groups is 2. The van der Waals surface area contributed by atoms with E-state index in [1.165, 1.54) is 0 Å². The minimum atomic E-state index is 0.00944. The van der Waals surface area contributed by atoms with Gasteiger partial charge in [0.1, 0.15) is 6.23 Å². The normalized spacial score (nSPS) is 12.4. The van der Waals surface area contributed by atoms with Crippen molar-refractivity contribution in [3.63, 3.8) is 0 Å². The van der Waals surface area contributed by atoms with Gasteiger partial charge in [0.25, 0.3) is 0 Å².